The lowest BCUT2D eigenvalue weighted by Gasteiger charge is -2.35. The van der Waals surface area contributed by atoms with Gasteiger partial charge in [0.2, 0.25) is 0 Å². The van der Waals surface area contributed by atoms with Gasteiger partial charge in [-0.15, -0.1) is 0 Å². The first-order chi connectivity index (χ1) is 14.5. The van der Waals surface area contributed by atoms with Crippen molar-refractivity contribution in [2.45, 2.75) is 70.4 Å². The molecule has 1 aliphatic carbocycles. The van der Waals surface area contributed by atoms with Crippen LogP contribution in [-0.2, 0) is 12.0 Å². The third-order valence-electron chi connectivity index (χ3n) is 6.66. The molecule has 0 spiro atoms. The molecule has 0 aliphatic heterocycles. The number of rotatable bonds is 9. The van der Waals surface area contributed by atoms with Crippen molar-refractivity contribution in [2.24, 2.45) is 5.92 Å². The van der Waals surface area contributed by atoms with Crippen LogP contribution in [-0.4, -0.2) is 17.5 Å². The Morgan fingerprint density at radius 1 is 1.07 bits per heavy atom. The maximum absolute atomic E-state index is 14.0. The van der Waals surface area contributed by atoms with E-state index in [-0.39, 0.29) is 5.92 Å². The monoisotopic (exact) mass is 410 g/mol. The van der Waals surface area contributed by atoms with Gasteiger partial charge in [-0.1, -0.05) is 49.2 Å². The first-order valence-electron chi connectivity index (χ1n) is 11.1. The highest BCUT2D eigenvalue weighted by Crippen LogP contribution is 2.45. The topological polar surface area (TPSA) is 27.0 Å². The summed E-state index contributed by atoms with van der Waals surface area (Å²) in [5.74, 6) is -1.52. The molecule has 0 amide bonds. The molecule has 0 saturated heterocycles. The fourth-order valence-electron chi connectivity index (χ4n) is 4.89. The standard InChI is InChI=1S/C26H32F2N2/c1-20(2)30(18-21-9-4-3-5-10-21)16-8-15-26(19-29,22-11-6-7-12-22)23-13-14-24(27)25(28)17-23/h3-5,9-10,13-14,17,20,22H,6-8,11-12,15-16,18H2,1-2H3. The van der Waals surface area contributed by atoms with Crippen LogP contribution in [0.15, 0.2) is 48.5 Å². The van der Waals surface area contributed by atoms with E-state index >= 15 is 0 Å². The SMILES string of the molecule is CC(C)N(CCCC(C#N)(c1ccc(F)c(F)c1)C1CCCC1)Cc1ccccc1. The maximum Gasteiger partial charge on any atom is 0.159 e. The van der Waals surface area contributed by atoms with E-state index in [0.717, 1.165) is 45.2 Å². The Balaban J connectivity index is 1.77. The zero-order valence-electron chi connectivity index (χ0n) is 18.1. The zero-order chi connectivity index (χ0) is 21.6. The second-order valence-electron chi connectivity index (χ2n) is 8.85. The van der Waals surface area contributed by atoms with Crippen molar-refractivity contribution in [3.05, 3.63) is 71.3 Å². The Kier molecular flexibility index (Phi) is 7.61. The Hall–Kier alpha value is -2.25. The van der Waals surface area contributed by atoms with Gasteiger partial charge in [0.15, 0.2) is 11.6 Å². The molecule has 1 saturated carbocycles. The largest absolute Gasteiger partial charge is 0.297 e. The number of halogens is 2. The van der Waals surface area contributed by atoms with E-state index in [1.165, 1.54) is 17.7 Å². The number of hydrogen-bond acceptors (Lipinski definition) is 2. The van der Waals surface area contributed by atoms with Crippen LogP contribution in [0.3, 0.4) is 0 Å². The van der Waals surface area contributed by atoms with E-state index in [2.05, 4.69) is 49.1 Å². The second kappa shape index (κ2) is 10.2. The van der Waals surface area contributed by atoms with Crippen LogP contribution >= 0.6 is 0 Å². The van der Waals surface area contributed by atoms with Crippen molar-refractivity contribution < 1.29 is 8.78 Å². The van der Waals surface area contributed by atoms with Gasteiger partial charge in [-0.05, 0) is 75.3 Å². The quantitative estimate of drug-likeness (QED) is 0.465. The predicted octanol–water partition coefficient (Wildman–Crippen LogP) is 6.61. The first-order valence-corrected chi connectivity index (χ1v) is 11.1. The number of nitriles is 1. The highest BCUT2D eigenvalue weighted by atomic mass is 19.2. The molecule has 0 bridgehead atoms. The third-order valence-corrected chi connectivity index (χ3v) is 6.66. The summed E-state index contributed by atoms with van der Waals surface area (Å²) < 4.78 is 27.6. The minimum absolute atomic E-state index is 0.203. The van der Waals surface area contributed by atoms with E-state index in [9.17, 15) is 14.0 Å². The molecule has 0 aromatic heterocycles. The molecule has 160 valence electrons. The van der Waals surface area contributed by atoms with Gasteiger partial charge in [-0.25, -0.2) is 8.78 Å². The molecule has 1 unspecified atom stereocenters. The second-order valence-corrected chi connectivity index (χ2v) is 8.85. The van der Waals surface area contributed by atoms with Crippen LogP contribution in [0, 0.1) is 28.9 Å². The Morgan fingerprint density at radius 3 is 2.37 bits per heavy atom. The van der Waals surface area contributed by atoms with Crippen LogP contribution in [0.1, 0.15) is 63.5 Å². The Bertz CT molecular complexity index is 853. The van der Waals surface area contributed by atoms with Crippen molar-refractivity contribution in [2.75, 3.05) is 6.54 Å². The van der Waals surface area contributed by atoms with Crippen LogP contribution in [0.2, 0.25) is 0 Å². The van der Waals surface area contributed by atoms with Crippen molar-refractivity contribution in [3.63, 3.8) is 0 Å². The van der Waals surface area contributed by atoms with Crippen LogP contribution < -0.4 is 0 Å². The van der Waals surface area contributed by atoms with Gasteiger partial charge in [-0.3, -0.25) is 4.90 Å². The van der Waals surface area contributed by atoms with Gasteiger partial charge in [0.05, 0.1) is 11.5 Å². The molecular formula is C26H32F2N2. The molecule has 3 rings (SSSR count). The van der Waals surface area contributed by atoms with E-state index < -0.39 is 17.0 Å². The number of nitrogens with zero attached hydrogens (tertiary/aromatic N) is 2. The van der Waals surface area contributed by atoms with Gasteiger partial charge in [0.1, 0.15) is 0 Å². The average molecular weight is 411 g/mol. The van der Waals surface area contributed by atoms with Crippen molar-refractivity contribution in [3.8, 4) is 6.07 Å². The third kappa shape index (κ3) is 5.08. The van der Waals surface area contributed by atoms with E-state index in [0.29, 0.717) is 18.0 Å². The smallest absolute Gasteiger partial charge is 0.159 e. The van der Waals surface area contributed by atoms with Crippen LogP contribution in [0.4, 0.5) is 8.78 Å². The van der Waals surface area contributed by atoms with Crippen molar-refractivity contribution >= 4 is 0 Å². The Morgan fingerprint density at radius 2 is 1.77 bits per heavy atom. The summed E-state index contributed by atoms with van der Waals surface area (Å²) in [5.41, 5.74) is 1.16. The highest BCUT2D eigenvalue weighted by Gasteiger charge is 2.42. The zero-order valence-corrected chi connectivity index (χ0v) is 18.1. The summed E-state index contributed by atoms with van der Waals surface area (Å²) in [6, 6.07) is 17.4. The molecule has 2 aromatic rings. The highest BCUT2D eigenvalue weighted by molar-refractivity contribution is 5.35. The number of benzene rings is 2. The van der Waals surface area contributed by atoms with Gasteiger partial charge < -0.3 is 0 Å². The lowest BCUT2D eigenvalue weighted by molar-refractivity contribution is 0.197. The van der Waals surface area contributed by atoms with Gasteiger partial charge in [0.25, 0.3) is 0 Å². The lowest BCUT2D eigenvalue weighted by atomic mass is 9.67. The summed E-state index contributed by atoms with van der Waals surface area (Å²) >= 11 is 0. The fourth-order valence-corrected chi connectivity index (χ4v) is 4.89. The fraction of sp³-hybridized carbons (Fsp3) is 0.500. The average Bonchev–Trinajstić information content (AvgIpc) is 3.28. The molecule has 1 aliphatic rings. The normalized spacial score (nSPS) is 16.7. The van der Waals surface area contributed by atoms with E-state index in [4.69, 9.17) is 0 Å². The minimum atomic E-state index is -0.863. The predicted molar refractivity (Wildman–Crippen MR) is 117 cm³/mol. The minimum Gasteiger partial charge on any atom is -0.297 e. The molecule has 2 aromatic carbocycles. The van der Waals surface area contributed by atoms with Gasteiger partial charge in [0, 0.05) is 12.6 Å². The molecule has 4 heteroatoms. The van der Waals surface area contributed by atoms with E-state index in [1.807, 2.05) is 6.07 Å². The molecule has 0 N–H and O–H groups in total. The summed E-state index contributed by atoms with van der Waals surface area (Å²) in [6.07, 6.45) is 5.66. The van der Waals surface area contributed by atoms with Crippen LogP contribution in [0.25, 0.3) is 0 Å². The molecule has 1 fully saturated rings. The summed E-state index contributed by atoms with van der Waals surface area (Å²) in [5, 5.41) is 10.3. The molecule has 2 nitrogen and oxygen atoms in total. The molecule has 1 atom stereocenters. The Labute approximate surface area is 179 Å². The molecule has 0 radical (unpaired) electrons. The molecule has 0 heterocycles. The van der Waals surface area contributed by atoms with Crippen molar-refractivity contribution in [1.29, 1.82) is 5.26 Å². The number of hydrogen-bond donors (Lipinski definition) is 0. The first kappa shape index (κ1) is 22.4. The van der Waals surface area contributed by atoms with Crippen molar-refractivity contribution in [1.82, 2.24) is 4.90 Å². The lowest BCUT2D eigenvalue weighted by Crippen LogP contribution is -2.36. The maximum atomic E-state index is 14.0. The van der Waals surface area contributed by atoms with Crippen LogP contribution in [0.5, 0.6) is 0 Å². The van der Waals surface area contributed by atoms with Gasteiger partial charge in [-0.2, -0.15) is 5.26 Å². The summed E-state index contributed by atoms with van der Waals surface area (Å²) in [4.78, 5) is 2.41. The molecule has 30 heavy (non-hydrogen) atoms. The summed E-state index contributed by atoms with van der Waals surface area (Å²) in [7, 11) is 0. The summed E-state index contributed by atoms with van der Waals surface area (Å²) in [6.45, 7) is 6.11. The van der Waals surface area contributed by atoms with Gasteiger partial charge >= 0.3 is 0 Å². The van der Waals surface area contributed by atoms with E-state index in [1.54, 1.807) is 6.07 Å². The molecular weight excluding hydrogens is 378 g/mol.